The minimum Gasteiger partial charge on any atom is -0.490 e. The van der Waals surface area contributed by atoms with Gasteiger partial charge in [0.05, 0.1) is 12.2 Å². The zero-order valence-corrected chi connectivity index (χ0v) is 16.7. The van der Waals surface area contributed by atoms with Gasteiger partial charge in [-0.05, 0) is 52.6 Å². The molecule has 148 valence electrons. The van der Waals surface area contributed by atoms with Crippen molar-refractivity contribution in [1.82, 2.24) is 10.2 Å². The van der Waals surface area contributed by atoms with Crippen molar-refractivity contribution >= 4 is 17.7 Å². The van der Waals surface area contributed by atoms with Crippen LogP contribution in [0.5, 0.6) is 5.75 Å². The van der Waals surface area contributed by atoms with Crippen LogP contribution < -0.4 is 15.0 Å². The first-order valence-electron chi connectivity index (χ1n) is 9.01. The molecule has 1 aliphatic rings. The van der Waals surface area contributed by atoms with E-state index in [1.807, 2.05) is 64.0 Å². The number of nitrogens with one attached hydrogen (secondary N) is 1. The second kappa shape index (κ2) is 8.90. The summed E-state index contributed by atoms with van der Waals surface area (Å²) in [4.78, 5) is 27.8. The summed E-state index contributed by atoms with van der Waals surface area (Å²) in [7, 11) is 3.88. The van der Waals surface area contributed by atoms with E-state index in [9.17, 15) is 9.59 Å². The van der Waals surface area contributed by atoms with Gasteiger partial charge in [0.25, 0.3) is 0 Å². The highest BCUT2D eigenvalue weighted by Crippen LogP contribution is 2.33. The standard InChI is InChI=1S/C20H29N3O4/c1-20(2,3)27-19(25)23-11-12-26-17-13-15(8-9-16(17)23)14-21-18(24)7-6-10-22(4)5/h6-9,13H,10-12,14H2,1-5H3,(H,21,24)/b7-6+. The predicted octanol–water partition coefficient (Wildman–Crippen LogP) is 2.55. The van der Waals surface area contributed by atoms with Crippen LogP contribution in [0.1, 0.15) is 26.3 Å². The van der Waals surface area contributed by atoms with Gasteiger partial charge >= 0.3 is 6.09 Å². The van der Waals surface area contributed by atoms with Crippen LogP contribution in [0.15, 0.2) is 30.4 Å². The van der Waals surface area contributed by atoms with Crippen molar-refractivity contribution in [3.8, 4) is 5.75 Å². The fourth-order valence-electron chi connectivity index (χ4n) is 2.50. The molecular weight excluding hydrogens is 346 g/mol. The Labute approximate surface area is 160 Å². The van der Waals surface area contributed by atoms with Gasteiger partial charge in [0.15, 0.2) is 0 Å². The van der Waals surface area contributed by atoms with Crippen LogP contribution in [0.2, 0.25) is 0 Å². The fraction of sp³-hybridized carbons (Fsp3) is 0.500. The molecule has 0 bridgehead atoms. The average molecular weight is 375 g/mol. The van der Waals surface area contributed by atoms with E-state index in [0.29, 0.717) is 37.7 Å². The molecule has 7 heteroatoms. The summed E-state index contributed by atoms with van der Waals surface area (Å²) >= 11 is 0. The molecule has 1 heterocycles. The topological polar surface area (TPSA) is 71.1 Å². The molecule has 1 aromatic rings. The minimum atomic E-state index is -0.556. The van der Waals surface area contributed by atoms with Crippen molar-refractivity contribution in [2.45, 2.75) is 32.9 Å². The molecule has 1 aliphatic heterocycles. The number of benzene rings is 1. The largest absolute Gasteiger partial charge is 0.490 e. The molecular formula is C20H29N3O4. The van der Waals surface area contributed by atoms with Gasteiger partial charge in [-0.25, -0.2) is 4.79 Å². The predicted molar refractivity (Wildman–Crippen MR) is 105 cm³/mol. The Morgan fingerprint density at radius 1 is 1.33 bits per heavy atom. The summed E-state index contributed by atoms with van der Waals surface area (Å²) < 4.78 is 11.2. The number of anilines is 1. The van der Waals surface area contributed by atoms with Gasteiger partial charge in [-0.1, -0.05) is 12.1 Å². The van der Waals surface area contributed by atoms with Crippen LogP contribution in [0.25, 0.3) is 0 Å². The van der Waals surface area contributed by atoms with Crippen LogP contribution in [0, 0.1) is 0 Å². The third-order valence-electron chi connectivity index (χ3n) is 3.71. The van der Waals surface area contributed by atoms with Crippen molar-refractivity contribution in [1.29, 1.82) is 0 Å². The van der Waals surface area contributed by atoms with E-state index in [0.717, 1.165) is 5.56 Å². The molecule has 2 rings (SSSR count). The molecule has 27 heavy (non-hydrogen) atoms. The highest BCUT2D eigenvalue weighted by Gasteiger charge is 2.28. The van der Waals surface area contributed by atoms with Gasteiger partial charge in [-0.3, -0.25) is 9.69 Å². The first-order valence-corrected chi connectivity index (χ1v) is 9.01. The smallest absolute Gasteiger partial charge is 0.415 e. The fourth-order valence-corrected chi connectivity index (χ4v) is 2.50. The Morgan fingerprint density at radius 2 is 2.07 bits per heavy atom. The van der Waals surface area contributed by atoms with Crippen LogP contribution >= 0.6 is 0 Å². The second-order valence-electron chi connectivity index (χ2n) is 7.66. The number of hydrogen-bond donors (Lipinski definition) is 1. The molecule has 0 radical (unpaired) electrons. The zero-order chi connectivity index (χ0) is 20.0. The lowest BCUT2D eigenvalue weighted by Gasteiger charge is -2.31. The van der Waals surface area contributed by atoms with Gasteiger partial charge in [-0.15, -0.1) is 0 Å². The van der Waals surface area contributed by atoms with Crippen LogP contribution in [0.4, 0.5) is 10.5 Å². The van der Waals surface area contributed by atoms with Gasteiger partial charge in [0.1, 0.15) is 18.0 Å². The molecule has 0 aromatic heterocycles. The number of fused-ring (bicyclic) bond motifs is 1. The first-order chi connectivity index (χ1) is 12.7. The number of carbonyl (C=O) groups excluding carboxylic acids is 2. The summed E-state index contributed by atoms with van der Waals surface area (Å²) in [5.41, 5.74) is 1.02. The first kappa shape index (κ1) is 20.8. The van der Waals surface area contributed by atoms with Crippen molar-refractivity contribution in [2.75, 3.05) is 38.7 Å². The molecule has 1 N–H and O–H groups in total. The SMILES string of the molecule is CN(C)C/C=C/C(=O)NCc1ccc2c(c1)OCCN2C(=O)OC(C)(C)C. The second-order valence-corrected chi connectivity index (χ2v) is 7.66. The number of amides is 2. The molecule has 0 saturated heterocycles. The summed E-state index contributed by atoms with van der Waals surface area (Å²) in [5.74, 6) is 0.466. The molecule has 0 spiro atoms. The monoisotopic (exact) mass is 375 g/mol. The van der Waals surface area contributed by atoms with Crippen molar-refractivity contribution in [3.05, 3.63) is 35.9 Å². The van der Waals surface area contributed by atoms with E-state index in [1.54, 1.807) is 4.90 Å². The van der Waals surface area contributed by atoms with Gasteiger partial charge in [0, 0.05) is 19.2 Å². The van der Waals surface area contributed by atoms with Crippen LogP contribution in [-0.2, 0) is 16.1 Å². The zero-order valence-electron chi connectivity index (χ0n) is 16.7. The third kappa shape index (κ3) is 6.60. The summed E-state index contributed by atoms with van der Waals surface area (Å²) in [6.07, 6.45) is 2.95. The third-order valence-corrected chi connectivity index (χ3v) is 3.71. The normalized spacial score (nSPS) is 14.1. The van der Waals surface area contributed by atoms with Gasteiger partial charge < -0.3 is 19.7 Å². The lowest BCUT2D eigenvalue weighted by atomic mass is 10.1. The van der Waals surface area contributed by atoms with E-state index in [2.05, 4.69) is 5.32 Å². The van der Waals surface area contributed by atoms with Crippen molar-refractivity contribution in [3.63, 3.8) is 0 Å². The Morgan fingerprint density at radius 3 is 2.74 bits per heavy atom. The highest BCUT2D eigenvalue weighted by atomic mass is 16.6. The number of ether oxygens (including phenoxy) is 2. The minimum absolute atomic E-state index is 0.147. The maximum atomic E-state index is 12.4. The lowest BCUT2D eigenvalue weighted by Crippen LogP contribution is -2.41. The van der Waals surface area contributed by atoms with Crippen molar-refractivity contribution in [2.24, 2.45) is 0 Å². The number of rotatable bonds is 5. The number of carbonyl (C=O) groups is 2. The van der Waals surface area contributed by atoms with Crippen LogP contribution in [-0.4, -0.2) is 56.3 Å². The molecule has 0 fully saturated rings. The molecule has 2 amide bonds. The van der Waals surface area contributed by atoms with E-state index < -0.39 is 5.60 Å². The quantitative estimate of drug-likeness (QED) is 0.801. The number of hydrogen-bond acceptors (Lipinski definition) is 5. The van der Waals surface area contributed by atoms with E-state index in [4.69, 9.17) is 9.47 Å². The van der Waals surface area contributed by atoms with Gasteiger partial charge in [0.2, 0.25) is 5.91 Å². The highest BCUT2D eigenvalue weighted by molar-refractivity contribution is 5.90. The summed E-state index contributed by atoms with van der Waals surface area (Å²) in [6, 6.07) is 5.53. The van der Waals surface area contributed by atoms with E-state index in [-0.39, 0.29) is 12.0 Å². The van der Waals surface area contributed by atoms with E-state index in [1.165, 1.54) is 6.08 Å². The molecule has 1 aromatic carbocycles. The molecule has 0 saturated carbocycles. The molecule has 0 atom stereocenters. The average Bonchev–Trinajstić information content (AvgIpc) is 2.57. The Bertz CT molecular complexity index is 708. The number of nitrogens with zero attached hydrogens (tertiary/aromatic N) is 2. The van der Waals surface area contributed by atoms with E-state index >= 15 is 0 Å². The van der Waals surface area contributed by atoms with Crippen molar-refractivity contribution < 1.29 is 19.1 Å². The molecule has 0 aliphatic carbocycles. The Balaban J connectivity index is 2.00. The number of likely N-dealkylation sites (N-methyl/N-ethyl adjacent to an activating group) is 1. The lowest BCUT2D eigenvalue weighted by molar-refractivity contribution is -0.116. The van der Waals surface area contributed by atoms with Gasteiger partial charge in [-0.2, -0.15) is 0 Å². The molecule has 7 nitrogen and oxygen atoms in total. The maximum Gasteiger partial charge on any atom is 0.415 e. The maximum absolute atomic E-state index is 12.4. The molecule has 0 unspecified atom stereocenters. The summed E-state index contributed by atoms with van der Waals surface area (Å²) in [5, 5.41) is 2.84. The summed E-state index contributed by atoms with van der Waals surface area (Å²) in [6.45, 7) is 7.44. The Hall–Kier alpha value is -2.54. The van der Waals surface area contributed by atoms with Crippen LogP contribution in [0.3, 0.4) is 0 Å². The Kier molecular flexibility index (Phi) is 6.85.